The van der Waals surface area contributed by atoms with Gasteiger partial charge in [-0.05, 0) is 66.4 Å². The first-order valence-electron chi connectivity index (χ1n) is 15.3. The van der Waals surface area contributed by atoms with Crippen molar-refractivity contribution < 1.29 is 27.8 Å². The van der Waals surface area contributed by atoms with Crippen molar-refractivity contribution in [1.29, 1.82) is 0 Å². The van der Waals surface area contributed by atoms with Gasteiger partial charge in [0.1, 0.15) is 5.75 Å². The normalized spacial score (nSPS) is 19.3. The van der Waals surface area contributed by atoms with Crippen molar-refractivity contribution in [2.24, 2.45) is 4.99 Å². The molecule has 4 aromatic carbocycles. The number of aliphatic hydroxyl groups excluding tert-OH is 1. The summed E-state index contributed by atoms with van der Waals surface area (Å²) in [5.41, 5.74) is 2.09. The number of sulfone groups is 1. The minimum Gasteiger partial charge on any atom is -0.494 e. The van der Waals surface area contributed by atoms with Crippen LogP contribution in [0.4, 0.5) is 0 Å². The Kier molecular flexibility index (Phi) is 9.58. The first kappa shape index (κ1) is 32.0. The Hall–Kier alpha value is -3.99. The molecule has 0 bridgehead atoms. The summed E-state index contributed by atoms with van der Waals surface area (Å²) in [6.45, 7) is 0.415. The number of amides is 1. The molecule has 0 saturated heterocycles. The van der Waals surface area contributed by atoms with Crippen LogP contribution in [0.15, 0.2) is 117 Å². The van der Waals surface area contributed by atoms with E-state index in [1.807, 2.05) is 36.4 Å². The number of benzene rings is 4. The maximum absolute atomic E-state index is 14.7. The van der Waals surface area contributed by atoms with Crippen molar-refractivity contribution in [3.05, 3.63) is 130 Å². The highest BCUT2D eigenvalue weighted by Gasteiger charge is 2.54. The minimum absolute atomic E-state index is 0.0379. The molecule has 0 radical (unpaired) electrons. The number of carbonyl (C=O) groups is 1. The third-order valence-electron chi connectivity index (χ3n) is 8.46. The summed E-state index contributed by atoms with van der Waals surface area (Å²) in [5.74, 6) is 0.170. The summed E-state index contributed by atoms with van der Waals surface area (Å²) < 4.78 is 40.2. The molecule has 2 N–H and O–H groups in total. The van der Waals surface area contributed by atoms with E-state index >= 15 is 0 Å². The molecule has 0 fully saturated rings. The molecule has 0 spiro atoms. The van der Waals surface area contributed by atoms with Crippen molar-refractivity contribution in [3.8, 4) is 5.75 Å². The number of carbonyl (C=O) groups excluding carboxylic acids is 1. The summed E-state index contributed by atoms with van der Waals surface area (Å²) in [7, 11) is -3.76. The van der Waals surface area contributed by atoms with Crippen molar-refractivity contribution in [2.45, 2.75) is 48.3 Å². The van der Waals surface area contributed by atoms with Crippen molar-refractivity contribution in [1.82, 2.24) is 5.32 Å². The van der Waals surface area contributed by atoms with Gasteiger partial charge in [-0.1, -0.05) is 76.6 Å². The largest absolute Gasteiger partial charge is 0.494 e. The van der Waals surface area contributed by atoms with Gasteiger partial charge in [0.15, 0.2) is 21.5 Å². The van der Waals surface area contributed by atoms with Gasteiger partial charge in [-0.25, -0.2) is 13.4 Å². The van der Waals surface area contributed by atoms with Crippen molar-refractivity contribution >= 4 is 37.6 Å². The highest BCUT2D eigenvalue weighted by Crippen LogP contribution is 2.45. The molecule has 2 atom stereocenters. The van der Waals surface area contributed by atoms with E-state index in [-0.39, 0.29) is 41.5 Å². The number of halogens is 1. The topological polar surface area (TPSA) is 114 Å². The van der Waals surface area contributed by atoms with Crippen LogP contribution >= 0.6 is 15.9 Å². The number of hydrogen-bond donors (Lipinski definition) is 2. The van der Waals surface area contributed by atoms with Crippen molar-refractivity contribution in [2.75, 3.05) is 19.0 Å². The molecule has 10 heteroatoms. The Labute approximate surface area is 277 Å². The maximum atomic E-state index is 14.7. The highest BCUT2D eigenvalue weighted by atomic mass is 79.9. The summed E-state index contributed by atoms with van der Waals surface area (Å²) >= 11 is 3.64. The molecule has 238 valence electrons. The van der Waals surface area contributed by atoms with E-state index in [4.69, 9.17) is 19.6 Å². The van der Waals surface area contributed by atoms with Gasteiger partial charge in [0.2, 0.25) is 5.90 Å². The van der Waals surface area contributed by atoms with Crippen LogP contribution in [-0.4, -0.2) is 55.9 Å². The second-order valence-corrected chi connectivity index (χ2v) is 14.5. The Morgan fingerprint density at radius 2 is 1.59 bits per heavy atom. The second kappa shape index (κ2) is 13.8. The molecule has 1 aliphatic heterocycles. The van der Waals surface area contributed by atoms with E-state index < -0.39 is 21.5 Å². The standard InChI is InChI=1S/C36H35BrN2O6S/c37-32-14-7-6-13-31(32)33-36(19-22-46(42,43)30-11-2-1-3-12-30,35(41)38-28-23-26-9-4-5-10-27(26)24-28)39-34(45-33)25-15-17-29(18-16-25)44-21-8-20-40/h1-7,9-18,28,33,40H,8,19-24H2,(H,38,41)/t33-,36-/m1/s1. The van der Waals surface area contributed by atoms with Gasteiger partial charge in [0.05, 0.1) is 17.3 Å². The average Bonchev–Trinajstić information content (AvgIpc) is 3.67. The lowest BCUT2D eigenvalue weighted by atomic mass is 9.84. The third kappa shape index (κ3) is 6.74. The van der Waals surface area contributed by atoms with E-state index in [1.54, 1.807) is 54.6 Å². The number of nitrogens with zero attached hydrogens (tertiary/aromatic N) is 1. The van der Waals surface area contributed by atoms with Crippen molar-refractivity contribution in [3.63, 3.8) is 0 Å². The summed E-state index contributed by atoms with van der Waals surface area (Å²) in [5, 5.41) is 12.3. The van der Waals surface area contributed by atoms with Crippen LogP contribution in [0.1, 0.15) is 41.2 Å². The van der Waals surface area contributed by atoms with Crippen LogP contribution < -0.4 is 10.1 Å². The zero-order valence-corrected chi connectivity index (χ0v) is 27.5. The van der Waals surface area contributed by atoms with Gasteiger partial charge in [-0.2, -0.15) is 0 Å². The van der Waals surface area contributed by atoms with E-state index in [0.29, 0.717) is 42.7 Å². The molecule has 1 heterocycles. The molecule has 1 aliphatic carbocycles. The molecule has 8 nitrogen and oxygen atoms in total. The first-order chi connectivity index (χ1) is 22.3. The Morgan fingerprint density at radius 1 is 0.935 bits per heavy atom. The first-order valence-corrected chi connectivity index (χ1v) is 17.7. The van der Waals surface area contributed by atoms with Crippen LogP contribution in [0.3, 0.4) is 0 Å². The van der Waals surface area contributed by atoms with Crippen LogP contribution in [-0.2, 0) is 32.2 Å². The van der Waals surface area contributed by atoms with Gasteiger partial charge < -0.3 is 19.9 Å². The fourth-order valence-corrected chi connectivity index (χ4v) is 7.92. The Bertz CT molecular complexity index is 1810. The monoisotopic (exact) mass is 702 g/mol. The molecule has 0 aromatic heterocycles. The summed E-state index contributed by atoms with van der Waals surface area (Å²) in [6.07, 6.45) is 0.854. The van der Waals surface area contributed by atoms with E-state index in [1.165, 1.54) is 11.1 Å². The van der Waals surface area contributed by atoms with Gasteiger partial charge in [0.25, 0.3) is 5.91 Å². The van der Waals surface area contributed by atoms with Crippen LogP contribution in [0.5, 0.6) is 5.75 Å². The predicted octanol–water partition coefficient (Wildman–Crippen LogP) is 5.61. The fraction of sp³-hybridized carbons (Fsp3) is 0.278. The number of aliphatic hydroxyl groups is 1. The van der Waals surface area contributed by atoms with E-state index in [0.717, 1.165) is 4.47 Å². The number of fused-ring (bicyclic) bond motifs is 1. The quantitative estimate of drug-likeness (QED) is 0.186. The smallest absolute Gasteiger partial charge is 0.252 e. The summed E-state index contributed by atoms with van der Waals surface area (Å²) in [6, 6.07) is 30.8. The minimum atomic E-state index is -3.76. The van der Waals surface area contributed by atoms with E-state index in [2.05, 4.69) is 33.4 Å². The average molecular weight is 704 g/mol. The number of rotatable bonds is 12. The third-order valence-corrected chi connectivity index (χ3v) is 10.9. The van der Waals surface area contributed by atoms with Crippen LogP contribution in [0.25, 0.3) is 0 Å². The SMILES string of the molecule is O=C(NC1Cc2ccccc2C1)[C@]1(CCS(=O)(=O)c2ccccc2)N=C(c2ccc(OCCCO)cc2)O[C@@H]1c1ccccc1Br. The Balaban J connectivity index is 1.39. The molecular formula is C36H35BrN2O6S. The van der Waals surface area contributed by atoms with Crippen LogP contribution in [0.2, 0.25) is 0 Å². The maximum Gasteiger partial charge on any atom is 0.252 e. The molecule has 4 aromatic rings. The molecule has 6 rings (SSSR count). The Morgan fingerprint density at radius 3 is 2.26 bits per heavy atom. The van der Waals surface area contributed by atoms with Gasteiger partial charge in [-0.15, -0.1) is 0 Å². The second-order valence-electron chi connectivity index (χ2n) is 11.5. The number of hydrogen-bond acceptors (Lipinski definition) is 7. The lowest BCUT2D eigenvalue weighted by Crippen LogP contribution is -2.52. The van der Waals surface area contributed by atoms with Crippen LogP contribution in [0, 0.1) is 0 Å². The molecule has 0 saturated carbocycles. The number of ether oxygens (including phenoxy) is 2. The van der Waals surface area contributed by atoms with Gasteiger partial charge in [-0.3, -0.25) is 4.79 Å². The predicted molar refractivity (Wildman–Crippen MR) is 180 cm³/mol. The molecule has 0 unspecified atom stereocenters. The molecule has 2 aliphatic rings. The van der Waals surface area contributed by atoms with E-state index in [9.17, 15) is 13.2 Å². The highest BCUT2D eigenvalue weighted by molar-refractivity contribution is 9.10. The van der Waals surface area contributed by atoms with Gasteiger partial charge in [0, 0.05) is 41.1 Å². The molecular weight excluding hydrogens is 668 g/mol. The molecule has 1 amide bonds. The number of aliphatic imine (C=N–C) groups is 1. The lowest BCUT2D eigenvalue weighted by Gasteiger charge is -2.32. The lowest BCUT2D eigenvalue weighted by molar-refractivity contribution is -0.129. The van der Waals surface area contributed by atoms with Gasteiger partial charge >= 0.3 is 0 Å². The molecule has 46 heavy (non-hydrogen) atoms. The zero-order chi connectivity index (χ0) is 32.1. The fourth-order valence-electron chi connectivity index (χ4n) is 6.04. The summed E-state index contributed by atoms with van der Waals surface area (Å²) in [4.78, 5) is 19.8. The zero-order valence-electron chi connectivity index (χ0n) is 25.1. The number of nitrogens with one attached hydrogen (secondary N) is 1.